The maximum Gasteiger partial charge on any atom is 0.270 e. The lowest BCUT2D eigenvalue weighted by Crippen LogP contribution is -2.25. The van der Waals surface area contributed by atoms with Crippen molar-refractivity contribution in [3.8, 4) is 0 Å². The highest BCUT2D eigenvalue weighted by atomic mass is 79.9. The minimum Gasteiger partial charge on any atom is -0.294 e. The third kappa shape index (κ3) is 7.08. The largest absolute Gasteiger partial charge is 0.294 e. The lowest BCUT2D eigenvalue weighted by atomic mass is 9.93. The summed E-state index contributed by atoms with van der Waals surface area (Å²) in [5.74, 6) is -0.987. The fourth-order valence-corrected chi connectivity index (χ4v) is 3.71. The van der Waals surface area contributed by atoms with Gasteiger partial charge in [-0.05, 0) is 29.0 Å². The van der Waals surface area contributed by atoms with Gasteiger partial charge in [-0.3, -0.25) is 14.9 Å². The summed E-state index contributed by atoms with van der Waals surface area (Å²) >= 11 is 27.1. The van der Waals surface area contributed by atoms with Crippen LogP contribution < -0.4 is 0 Å². The van der Waals surface area contributed by atoms with Gasteiger partial charge in [0.05, 0.1) is 4.92 Å². The quantitative estimate of drug-likeness (QED) is 0.124. The summed E-state index contributed by atoms with van der Waals surface area (Å²) in [5.41, 5.74) is 1.05. The molecule has 0 spiro atoms. The van der Waals surface area contributed by atoms with E-state index in [1.165, 1.54) is 24.3 Å². The lowest BCUT2D eigenvalue weighted by Gasteiger charge is -2.24. The monoisotopic (exact) mass is 521 g/mol. The van der Waals surface area contributed by atoms with Gasteiger partial charge >= 0.3 is 0 Å². The number of alkyl halides is 3. The second kappa shape index (κ2) is 10.1. The van der Waals surface area contributed by atoms with E-state index in [1.807, 2.05) is 24.3 Å². The predicted octanol–water partition coefficient (Wildman–Crippen LogP) is 6.92. The maximum absolute atomic E-state index is 12.6. The van der Waals surface area contributed by atoms with Crippen LogP contribution in [0, 0.1) is 16.0 Å². The van der Waals surface area contributed by atoms with Crippen molar-refractivity contribution in [2.24, 2.45) is 5.92 Å². The lowest BCUT2D eigenvalue weighted by molar-refractivity contribution is -0.384. The summed E-state index contributed by atoms with van der Waals surface area (Å²) in [4.78, 5) is 23.6. The molecule has 2 aromatic carbocycles. The van der Waals surface area contributed by atoms with E-state index >= 15 is 0 Å². The summed E-state index contributed by atoms with van der Waals surface area (Å²) in [6, 6.07) is 13.2. The molecule has 0 aliphatic rings. The van der Waals surface area contributed by atoms with Crippen LogP contribution in [0.4, 0.5) is 5.69 Å². The van der Waals surface area contributed by atoms with Crippen LogP contribution in [0.5, 0.6) is 0 Å². The van der Waals surface area contributed by atoms with Crippen molar-refractivity contribution in [2.45, 2.75) is 23.1 Å². The number of hydrogen-bond acceptors (Lipinski definition) is 4. The van der Waals surface area contributed by atoms with Crippen LogP contribution in [0.2, 0.25) is 0 Å². The second-order valence-corrected chi connectivity index (χ2v) is 10.1. The molecule has 0 saturated heterocycles. The molecule has 0 fully saturated rings. The normalized spacial score (nSPS) is 12.4. The van der Waals surface area contributed by atoms with Gasteiger partial charge in [0.2, 0.25) is 0 Å². The third-order valence-electron chi connectivity index (χ3n) is 4.06. The maximum atomic E-state index is 12.6. The zero-order valence-corrected chi connectivity index (χ0v) is 19.1. The molecule has 2 rings (SSSR count). The Balaban J connectivity index is 2.10. The fourth-order valence-electron chi connectivity index (χ4n) is 2.62. The van der Waals surface area contributed by atoms with Gasteiger partial charge in [-0.25, -0.2) is 0 Å². The number of benzene rings is 2. The molecule has 1 unspecified atom stereocenters. The molecule has 9 heteroatoms. The van der Waals surface area contributed by atoms with Gasteiger partial charge in [-0.15, -0.1) is 0 Å². The highest BCUT2D eigenvalue weighted by molar-refractivity contribution is 9.10. The molecule has 1 atom stereocenters. The number of thiocarbonyl (C=S) groups is 1. The molecule has 0 radical (unpaired) electrons. The van der Waals surface area contributed by atoms with Crippen LogP contribution in [-0.4, -0.2) is 19.4 Å². The van der Waals surface area contributed by atoms with Crippen LogP contribution >= 0.6 is 63.0 Å². The minimum absolute atomic E-state index is 0.0852. The van der Waals surface area contributed by atoms with E-state index < -0.39 is 14.6 Å². The van der Waals surface area contributed by atoms with E-state index in [9.17, 15) is 14.9 Å². The number of non-ortho nitro benzene ring substituents is 1. The van der Waals surface area contributed by atoms with Gasteiger partial charge in [-0.2, -0.15) is 0 Å². The first-order valence-electron chi connectivity index (χ1n) is 8.17. The van der Waals surface area contributed by atoms with Crippen LogP contribution in [-0.2, 0) is 6.42 Å². The van der Waals surface area contributed by atoms with Crippen molar-refractivity contribution in [1.82, 2.24) is 0 Å². The Kier molecular flexibility index (Phi) is 8.40. The van der Waals surface area contributed by atoms with Crippen molar-refractivity contribution in [1.29, 1.82) is 0 Å². The average molecular weight is 524 g/mol. The number of Topliss-reactive ketones (excluding diaryl/α,β-unsaturated/α-hetero) is 1. The Bertz CT molecular complexity index is 885. The van der Waals surface area contributed by atoms with E-state index in [4.69, 9.17) is 47.0 Å². The van der Waals surface area contributed by atoms with Crippen molar-refractivity contribution in [3.05, 3.63) is 74.2 Å². The topological polar surface area (TPSA) is 60.2 Å². The average Bonchev–Trinajstić information content (AvgIpc) is 2.62. The standard InChI is InChI=1S/C19H15BrCl3NO3S/c20-15-6-4-12(5-7-15)8-17(28)10-14(19(21,22)23)11-18(25)13-2-1-3-16(9-13)24(26)27/h1-7,9,14H,8,10-11H2. The molecule has 0 bridgehead atoms. The van der Waals surface area contributed by atoms with Gasteiger partial charge in [0, 0.05) is 40.9 Å². The van der Waals surface area contributed by atoms with Crippen LogP contribution in [0.25, 0.3) is 0 Å². The number of carbonyl (C=O) groups excluding carboxylic acids is 1. The first-order valence-corrected chi connectivity index (χ1v) is 10.5. The van der Waals surface area contributed by atoms with Crippen molar-refractivity contribution in [2.75, 3.05) is 0 Å². The molecular weight excluding hydrogens is 509 g/mol. The summed E-state index contributed by atoms with van der Waals surface area (Å²) in [6.07, 6.45) is 0.700. The van der Waals surface area contributed by atoms with Crippen LogP contribution in [0.15, 0.2) is 53.0 Å². The number of hydrogen-bond donors (Lipinski definition) is 0. The predicted molar refractivity (Wildman–Crippen MR) is 121 cm³/mol. The molecule has 0 heterocycles. The van der Waals surface area contributed by atoms with Gasteiger partial charge < -0.3 is 0 Å². The minimum atomic E-state index is -1.69. The fraction of sp³-hybridized carbons (Fsp3) is 0.263. The number of nitrogens with zero attached hydrogens (tertiary/aromatic N) is 1. The van der Waals surface area contributed by atoms with Crippen molar-refractivity contribution < 1.29 is 9.72 Å². The molecule has 0 aliphatic heterocycles. The smallest absolute Gasteiger partial charge is 0.270 e. The van der Waals surface area contributed by atoms with E-state index in [0.717, 1.165) is 10.0 Å². The first kappa shape index (κ1) is 23.2. The van der Waals surface area contributed by atoms with Crippen LogP contribution in [0.1, 0.15) is 28.8 Å². The summed E-state index contributed by atoms with van der Waals surface area (Å²) in [6.45, 7) is 0. The van der Waals surface area contributed by atoms with E-state index in [1.54, 1.807) is 0 Å². The van der Waals surface area contributed by atoms with Gasteiger partial charge in [-0.1, -0.05) is 87.2 Å². The van der Waals surface area contributed by atoms with Gasteiger partial charge in [0.1, 0.15) is 0 Å². The molecular formula is C19H15BrCl3NO3S. The molecule has 0 aromatic heterocycles. The number of carbonyl (C=O) groups is 1. The SMILES string of the molecule is O=C(CC(CC(=S)Cc1ccc(Br)cc1)C(Cl)(Cl)Cl)c1cccc([N+](=O)[O-])c1. The number of halogens is 4. The molecule has 2 aromatic rings. The molecule has 0 aliphatic carbocycles. The highest BCUT2D eigenvalue weighted by Crippen LogP contribution is 2.40. The van der Waals surface area contributed by atoms with E-state index in [0.29, 0.717) is 11.3 Å². The summed E-state index contributed by atoms with van der Waals surface area (Å²) in [7, 11) is 0. The molecule has 0 amide bonds. The molecule has 28 heavy (non-hydrogen) atoms. The Morgan fingerprint density at radius 2 is 1.79 bits per heavy atom. The Labute approximate surface area is 191 Å². The Morgan fingerprint density at radius 1 is 1.14 bits per heavy atom. The zero-order valence-electron chi connectivity index (χ0n) is 14.4. The van der Waals surface area contributed by atoms with Gasteiger partial charge in [0.25, 0.3) is 5.69 Å². The van der Waals surface area contributed by atoms with Crippen LogP contribution in [0.3, 0.4) is 0 Å². The Morgan fingerprint density at radius 3 is 2.36 bits per heavy atom. The molecule has 4 nitrogen and oxygen atoms in total. The van der Waals surface area contributed by atoms with Crippen molar-refractivity contribution in [3.63, 3.8) is 0 Å². The molecule has 0 N–H and O–H groups in total. The first-order chi connectivity index (χ1) is 13.1. The van der Waals surface area contributed by atoms with E-state index in [-0.39, 0.29) is 29.9 Å². The van der Waals surface area contributed by atoms with E-state index in [2.05, 4.69) is 15.9 Å². The summed E-state index contributed by atoms with van der Waals surface area (Å²) in [5, 5.41) is 10.9. The second-order valence-electron chi connectivity index (χ2n) is 6.22. The Hall–Kier alpha value is -1.05. The highest BCUT2D eigenvalue weighted by Gasteiger charge is 2.35. The summed E-state index contributed by atoms with van der Waals surface area (Å²) < 4.78 is -0.732. The number of nitro benzene ring substituents is 1. The number of rotatable bonds is 8. The molecule has 148 valence electrons. The number of nitro groups is 1. The number of ketones is 1. The third-order valence-corrected chi connectivity index (χ3v) is 5.83. The molecule has 0 saturated carbocycles. The van der Waals surface area contributed by atoms with Gasteiger partial charge in [0.15, 0.2) is 9.58 Å². The van der Waals surface area contributed by atoms with Crippen molar-refractivity contribution >= 4 is 79.3 Å². The zero-order chi connectivity index (χ0) is 20.9.